The molecule has 3 rings (SSSR count). The number of hydrogen-bond acceptors (Lipinski definition) is 4. The van der Waals surface area contributed by atoms with Crippen LogP contribution in [0, 0.1) is 11.8 Å². The topological polar surface area (TPSA) is 76.0 Å². The molecule has 2 aromatic carbocycles. The van der Waals surface area contributed by atoms with E-state index in [1.807, 2.05) is 36.4 Å². The van der Waals surface area contributed by atoms with Crippen LogP contribution in [-0.2, 0) is 6.42 Å². The number of amides is 1. The molecule has 3 N–H and O–H groups in total. The monoisotopic (exact) mass is 379 g/mol. The number of nitrogens with one attached hydrogen (secondary N) is 1. The third kappa shape index (κ3) is 5.66. The average Bonchev–Trinajstić information content (AvgIpc) is 2.72. The highest BCUT2D eigenvalue weighted by Gasteiger charge is 2.20. The van der Waals surface area contributed by atoms with Crippen molar-refractivity contribution in [3.63, 3.8) is 0 Å². The van der Waals surface area contributed by atoms with Crippen molar-refractivity contribution in [1.82, 2.24) is 10.2 Å². The lowest BCUT2D eigenvalue weighted by Crippen LogP contribution is -2.48. The van der Waals surface area contributed by atoms with Gasteiger partial charge in [0.25, 0.3) is 0 Å². The SMILES string of the molecule is O=C(O)N1CCN(c2ccc(C#CCNCCc3ccc(O)cc3)cc2)CC1. The van der Waals surface area contributed by atoms with Gasteiger partial charge in [-0.3, -0.25) is 0 Å². The first-order valence-corrected chi connectivity index (χ1v) is 9.42. The molecule has 1 heterocycles. The predicted molar refractivity (Wildman–Crippen MR) is 110 cm³/mol. The zero-order valence-corrected chi connectivity index (χ0v) is 15.8. The molecule has 1 saturated heterocycles. The lowest BCUT2D eigenvalue weighted by Gasteiger charge is -2.34. The molecular weight excluding hydrogens is 354 g/mol. The summed E-state index contributed by atoms with van der Waals surface area (Å²) in [5.41, 5.74) is 3.24. The fourth-order valence-corrected chi connectivity index (χ4v) is 3.10. The van der Waals surface area contributed by atoms with Crippen molar-refractivity contribution in [2.75, 3.05) is 44.2 Å². The van der Waals surface area contributed by atoms with E-state index in [2.05, 4.69) is 22.1 Å². The van der Waals surface area contributed by atoms with E-state index in [0.29, 0.717) is 32.7 Å². The van der Waals surface area contributed by atoms with Crippen molar-refractivity contribution in [3.8, 4) is 17.6 Å². The largest absolute Gasteiger partial charge is 0.508 e. The Kier molecular flexibility index (Phi) is 6.77. The first kappa shape index (κ1) is 19.6. The van der Waals surface area contributed by atoms with Gasteiger partial charge in [0.2, 0.25) is 0 Å². The van der Waals surface area contributed by atoms with Crippen LogP contribution in [0.4, 0.5) is 10.5 Å². The summed E-state index contributed by atoms with van der Waals surface area (Å²) in [5.74, 6) is 6.57. The summed E-state index contributed by atoms with van der Waals surface area (Å²) >= 11 is 0. The molecule has 6 nitrogen and oxygen atoms in total. The van der Waals surface area contributed by atoms with Crippen LogP contribution in [0.3, 0.4) is 0 Å². The third-order valence-electron chi connectivity index (χ3n) is 4.76. The van der Waals surface area contributed by atoms with E-state index in [0.717, 1.165) is 24.2 Å². The van der Waals surface area contributed by atoms with Crippen molar-refractivity contribution >= 4 is 11.8 Å². The molecule has 0 unspecified atom stereocenters. The van der Waals surface area contributed by atoms with Gasteiger partial charge in [0.05, 0.1) is 6.54 Å². The van der Waals surface area contributed by atoms with Crippen molar-refractivity contribution in [1.29, 1.82) is 0 Å². The molecule has 0 aromatic heterocycles. The average molecular weight is 379 g/mol. The summed E-state index contributed by atoms with van der Waals surface area (Å²) in [4.78, 5) is 14.6. The maximum Gasteiger partial charge on any atom is 0.407 e. The van der Waals surface area contributed by atoms with Crippen LogP contribution in [0.15, 0.2) is 48.5 Å². The van der Waals surface area contributed by atoms with E-state index in [4.69, 9.17) is 5.11 Å². The minimum Gasteiger partial charge on any atom is -0.508 e. The highest BCUT2D eigenvalue weighted by atomic mass is 16.4. The van der Waals surface area contributed by atoms with E-state index in [9.17, 15) is 9.90 Å². The molecule has 0 bridgehead atoms. The molecule has 0 radical (unpaired) electrons. The molecule has 1 aliphatic rings. The summed E-state index contributed by atoms with van der Waals surface area (Å²) < 4.78 is 0. The number of aromatic hydroxyl groups is 1. The van der Waals surface area contributed by atoms with Gasteiger partial charge < -0.3 is 25.3 Å². The summed E-state index contributed by atoms with van der Waals surface area (Å²) in [5, 5.41) is 21.6. The van der Waals surface area contributed by atoms with Crippen molar-refractivity contribution in [2.24, 2.45) is 0 Å². The first-order chi connectivity index (χ1) is 13.6. The Hall–Kier alpha value is -3.17. The highest BCUT2D eigenvalue weighted by molar-refractivity contribution is 5.65. The Balaban J connectivity index is 1.40. The summed E-state index contributed by atoms with van der Waals surface area (Å²) in [6.07, 6.45) is 0.0492. The molecule has 28 heavy (non-hydrogen) atoms. The van der Waals surface area contributed by atoms with Gasteiger partial charge in [-0.2, -0.15) is 0 Å². The lowest BCUT2D eigenvalue weighted by atomic mass is 10.1. The van der Waals surface area contributed by atoms with Gasteiger partial charge >= 0.3 is 6.09 Å². The van der Waals surface area contributed by atoms with Crippen LogP contribution in [-0.4, -0.2) is 60.5 Å². The minimum absolute atomic E-state index is 0.288. The third-order valence-corrected chi connectivity index (χ3v) is 4.76. The molecular formula is C22H25N3O3. The number of phenols is 1. The van der Waals surface area contributed by atoms with Gasteiger partial charge in [-0.1, -0.05) is 24.0 Å². The van der Waals surface area contributed by atoms with E-state index in [-0.39, 0.29) is 5.75 Å². The second-order valence-electron chi connectivity index (χ2n) is 6.70. The van der Waals surface area contributed by atoms with Gasteiger partial charge in [0.15, 0.2) is 0 Å². The molecule has 1 aliphatic heterocycles. The Morgan fingerprint density at radius 2 is 1.68 bits per heavy atom. The minimum atomic E-state index is -0.845. The van der Waals surface area contributed by atoms with Crippen molar-refractivity contribution < 1.29 is 15.0 Å². The Labute approximate surface area is 165 Å². The maximum absolute atomic E-state index is 11.0. The predicted octanol–water partition coefficient (Wildman–Crippen LogP) is 2.38. The zero-order chi connectivity index (χ0) is 19.8. The second kappa shape index (κ2) is 9.67. The van der Waals surface area contributed by atoms with Gasteiger partial charge in [-0.05, 0) is 48.4 Å². The standard InChI is InChI=1S/C22H25N3O3/c26-21-9-5-19(6-10-21)11-13-23-12-1-2-18-3-7-20(8-4-18)24-14-16-25(17-15-24)22(27)28/h3-10,23,26H,11-17H2,(H,27,28). The molecule has 146 valence electrons. The van der Waals surface area contributed by atoms with E-state index < -0.39 is 6.09 Å². The fraction of sp³-hybridized carbons (Fsp3) is 0.318. The highest BCUT2D eigenvalue weighted by Crippen LogP contribution is 2.17. The molecule has 0 atom stereocenters. The smallest absolute Gasteiger partial charge is 0.407 e. The fourth-order valence-electron chi connectivity index (χ4n) is 3.10. The molecule has 6 heteroatoms. The molecule has 0 spiro atoms. The number of anilines is 1. The molecule has 1 amide bonds. The number of rotatable bonds is 5. The number of hydrogen-bond donors (Lipinski definition) is 3. The number of nitrogens with zero attached hydrogens (tertiary/aromatic N) is 2. The summed E-state index contributed by atoms with van der Waals surface area (Å²) in [6, 6.07) is 15.3. The number of piperazine rings is 1. The van der Waals surface area contributed by atoms with Crippen LogP contribution >= 0.6 is 0 Å². The van der Waals surface area contributed by atoms with Crippen LogP contribution < -0.4 is 10.2 Å². The van der Waals surface area contributed by atoms with E-state index in [1.165, 1.54) is 10.5 Å². The van der Waals surface area contributed by atoms with E-state index in [1.54, 1.807) is 12.1 Å². The maximum atomic E-state index is 11.0. The molecule has 0 aliphatic carbocycles. The van der Waals surface area contributed by atoms with Crippen molar-refractivity contribution in [3.05, 3.63) is 59.7 Å². The second-order valence-corrected chi connectivity index (χ2v) is 6.70. The lowest BCUT2D eigenvalue weighted by molar-refractivity contribution is 0.142. The molecule has 0 saturated carbocycles. The Morgan fingerprint density at radius 1 is 1.00 bits per heavy atom. The number of carboxylic acid groups (broad SMARTS) is 1. The van der Waals surface area contributed by atoms with Crippen molar-refractivity contribution in [2.45, 2.75) is 6.42 Å². The Morgan fingerprint density at radius 3 is 2.32 bits per heavy atom. The quantitative estimate of drug-likeness (QED) is 0.549. The van der Waals surface area contributed by atoms with Gasteiger partial charge in [0.1, 0.15) is 5.75 Å². The summed E-state index contributed by atoms with van der Waals surface area (Å²) in [6.45, 7) is 3.95. The number of phenolic OH excluding ortho intramolecular Hbond substituents is 1. The number of carbonyl (C=O) groups is 1. The van der Waals surface area contributed by atoms with Crippen LogP contribution in [0.2, 0.25) is 0 Å². The molecule has 1 fully saturated rings. The zero-order valence-electron chi connectivity index (χ0n) is 15.8. The van der Waals surface area contributed by atoms with Gasteiger partial charge in [-0.15, -0.1) is 0 Å². The molecule has 2 aromatic rings. The normalized spacial score (nSPS) is 13.7. The van der Waals surface area contributed by atoms with E-state index >= 15 is 0 Å². The van der Waals surface area contributed by atoms with Crippen LogP contribution in [0.5, 0.6) is 5.75 Å². The van der Waals surface area contributed by atoms with Gasteiger partial charge in [0, 0.05) is 44.0 Å². The first-order valence-electron chi connectivity index (χ1n) is 9.42. The van der Waals surface area contributed by atoms with Crippen LogP contribution in [0.1, 0.15) is 11.1 Å². The van der Waals surface area contributed by atoms with Crippen LogP contribution in [0.25, 0.3) is 0 Å². The summed E-state index contributed by atoms with van der Waals surface area (Å²) in [7, 11) is 0. The Bertz CT molecular complexity index is 830. The number of benzene rings is 2. The van der Waals surface area contributed by atoms with Gasteiger partial charge in [-0.25, -0.2) is 4.79 Å².